The van der Waals surface area contributed by atoms with Gasteiger partial charge in [-0.25, -0.2) is 0 Å². The first kappa shape index (κ1) is 20.4. The SMILES string of the molecule is COCCN1C(=O)S/C(=C/c2cc(C)n(-c3ccc(C(C)C)cc3)c2C)C1=O. The molecule has 0 radical (unpaired) electrons. The van der Waals surface area contributed by atoms with Gasteiger partial charge in [-0.1, -0.05) is 26.0 Å². The summed E-state index contributed by atoms with van der Waals surface area (Å²) in [5.41, 5.74) is 5.46. The van der Waals surface area contributed by atoms with Crippen LogP contribution in [0.3, 0.4) is 0 Å². The van der Waals surface area contributed by atoms with Crippen molar-refractivity contribution in [3.63, 3.8) is 0 Å². The summed E-state index contributed by atoms with van der Waals surface area (Å²) < 4.78 is 7.16. The van der Waals surface area contributed by atoms with Crippen molar-refractivity contribution in [2.75, 3.05) is 20.3 Å². The number of hydrogen-bond acceptors (Lipinski definition) is 4. The van der Waals surface area contributed by atoms with Crippen molar-refractivity contribution >= 4 is 29.0 Å². The molecule has 0 unspecified atom stereocenters. The van der Waals surface area contributed by atoms with Crippen molar-refractivity contribution in [3.05, 3.63) is 57.8 Å². The molecule has 1 aliphatic rings. The van der Waals surface area contributed by atoms with Crippen LogP contribution >= 0.6 is 11.8 Å². The Balaban J connectivity index is 1.91. The lowest BCUT2D eigenvalue weighted by Gasteiger charge is -2.12. The summed E-state index contributed by atoms with van der Waals surface area (Å²) in [7, 11) is 1.55. The predicted molar refractivity (Wildman–Crippen MR) is 114 cm³/mol. The van der Waals surface area contributed by atoms with Crippen molar-refractivity contribution in [2.24, 2.45) is 0 Å². The molecule has 0 atom stereocenters. The Morgan fingerprint density at radius 1 is 1.14 bits per heavy atom. The van der Waals surface area contributed by atoms with Gasteiger partial charge in [-0.2, -0.15) is 0 Å². The van der Waals surface area contributed by atoms with Crippen molar-refractivity contribution in [3.8, 4) is 5.69 Å². The van der Waals surface area contributed by atoms with Gasteiger partial charge in [-0.05, 0) is 66.9 Å². The third-order valence-electron chi connectivity index (χ3n) is 4.97. The van der Waals surface area contributed by atoms with Gasteiger partial charge in [0.15, 0.2) is 0 Å². The second kappa shape index (κ2) is 8.37. The summed E-state index contributed by atoms with van der Waals surface area (Å²) in [6.07, 6.45) is 1.82. The molecule has 1 aromatic heterocycles. The molecular weight excluding hydrogens is 372 g/mol. The van der Waals surface area contributed by atoms with Gasteiger partial charge in [0.2, 0.25) is 0 Å². The van der Waals surface area contributed by atoms with Crippen LogP contribution in [-0.2, 0) is 9.53 Å². The van der Waals surface area contributed by atoms with Crippen LogP contribution in [0.15, 0.2) is 35.2 Å². The Morgan fingerprint density at radius 3 is 2.43 bits per heavy atom. The molecule has 3 rings (SSSR count). The first-order valence-corrected chi connectivity index (χ1v) is 10.2. The topological polar surface area (TPSA) is 51.5 Å². The molecule has 0 spiro atoms. The fraction of sp³-hybridized carbons (Fsp3) is 0.364. The summed E-state index contributed by atoms with van der Waals surface area (Å²) in [5, 5.41) is -0.244. The van der Waals surface area contributed by atoms with E-state index in [-0.39, 0.29) is 17.7 Å². The average molecular weight is 399 g/mol. The maximum Gasteiger partial charge on any atom is 0.293 e. The predicted octanol–water partition coefficient (Wildman–Crippen LogP) is 4.90. The maximum atomic E-state index is 12.6. The lowest BCUT2D eigenvalue weighted by atomic mass is 10.0. The van der Waals surface area contributed by atoms with Crippen LogP contribution < -0.4 is 0 Å². The summed E-state index contributed by atoms with van der Waals surface area (Å²) in [6, 6.07) is 10.6. The largest absolute Gasteiger partial charge is 0.383 e. The van der Waals surface area contributed by atoms with Gasteiger partial charge in [0.25, 0.3) is 11.1 Å². The Bertz CT molecular complexity index is 926. The molecule has 6 heteroatoms. The molecule has 5 nitrogen and oxygen atoms in total. The zero-order valence-electron chi connectivity index (χ0n) is 17.0. The molecule has 1 aromatic carbocycles. The van der Waals surface area contributed by atoms with Gasteiger partial charge in [0, 0.05) is 24.2 Å². The standard InChI is InChI=1S/C22H26N2O3S/c1-14(2)17-6-8-19(9-7-17)24-15(3)12-18(16(24)4)13-20-21(25)23(10-11-27-5)22(26)28-20/h6-9,12-14H,10-11H2,1-5H3/b20-13+. The van der Waals surface area contributed by atoms with E-state index in [4.69, 9.17) is 4.74 Å². The van der Waals surface area contributed by atoms with E-state index in [0.29, 0.717) is 17.4 Å². The smallest absolute Gasteiger partial charge is 0.293 e. The number of carbonyl (C=O) groups excluding carboxylic acids is 2. The minimum Gasteiger partial charge on any atom is -0.383 e. The number of ether oxygens (including phenoxy) is 1. The van der Waals surface area contributed by atoms with E-state index in [0.717, 1.165) is 34.4 Å². The molecule has 28 heavy (non-hydrogen) atoms. The maximum absolute atomic E-state index is 12.6. The quantitative estimate of drug-likeness (QED) is 0.650. The third-order valence-corrected chi connectivity index (χ3v) is 5.87. The van der Waals surface area contributed by atoms with E-state index in [1.54, 1.807) is 7.11 Å². The van der Waals surface area contributed by atoms with E-state index in [9.17, 15) is 9.59 Å². The summed E-state index contributed by atoms with van der Waals surface area (Å²) in [4.78, 5) is 26.4. The number of nitrogens with zero attached hydrogens (tertiary/aromatic N) is 2. The first-order chi connectivity index (χ1) is 13.3. The highest BCUT2D eigenvalue weighted by Crippen LogP contribution is 2.33. The molecule has 0 aliphatic carbocycles. The molecule has 148 valence electrons. The average Bonchev–Trinajstić information content (AvgIpc) is 3.09. The minimum atomic E-state index is -0.252. The lowest BCUT2D eigenvalue weighted by molar-refractivity contribution is -0.123. The van der Waals surface area contributed by atoms with E-state index >= 15 is 0 Å². The van der Waals surface area contributed by atoms with Gasteiger partial charge in [0.05, 0.1) is 18.1 Å². The molecule has 2 heterocycles. The Labute approximate surface area is 170 Å². The highest BCUT2D eigenvalue weighted by molar-refractivity contribution is 8.18. The molecule has 0 bridgehead atoms. The fourth-order valence-corrected chi connectivity index (χ4v) is 4.21. The zero-order chi connectivity index (χ0) is 20.4. The number of imide groups is 1. The number of methoxy groups -OCH3 is 1. The van der Waals surface area contributed by atoms with E-state index in [1.165, 1.54) is 10.5 Å². The number of aryl methyl sites for hydroxylation is 1. The molecular formula is C22H26N2O3S. The number of carbonyl (C=O) groups is 2. The van der Waals surface area contributed by atoms with Gasteiger partial charge in [0.1, 0.15) is 0 Å². The first-order valence-electron chi connectivity index (χ1n) is 9.37. The van der Waals surface area contributed by atoms with Crippen LogP contribution in [0.5, 0.6) is 0 Å². The third kappa shape index (κ3) is 3.93. The summed E-state index contributed by atoms with van der Waals surface area (Å²) in [5.74, 6) is 0.239. The van der Waals surface area contributed by atoms with Crippen molar-refractivity contribution in [1.82, 2.24) is 9.47 Å². The van der Waals surface area contributed by atoms with Gasteiger partial charge in [-0.3, -0.25) is 14.5 Å². The van der Waals surface area contributed by atoms with E-state index in [2.05, 4.69) is 48.7 Å². The molecule has 0 N–H and O–H groups in total. The Morgan fingerprint density at radius 2 is 1.82 bits per heavy atom. The number of hydrogen-bond donors (Lipinski definition) is 0. The van der Waals surface area contributed by atoms with E-state index < -0.39 is 0 Å². The lowest BCUT2D eigenvalue weighted by Crippen LogP contribution is -2.31. The van der Waals surface area contributed by atoms with Gasteiger partial charge < -0.3 is 9.30 Å². The van der Waals surface area contributed by atoms with Crippen LogP contribution in [-0.4, -0.2) is 40.9 Å². The summed E-state index contributed by atoms with van der Waals surface area (Å²) >= 11 is 0.986. The number of thioether (sulfide) groups is 1. The highest BCUT2D eigenvalue weighted by Gasteiger charge is 2.34. The van der Waals surface area contributed by atoms with Crippen LogP contribution in [0.25, 0.3) is 11.8 Å². The molecule has 1 saturated heterocycles. The molecule has 0 saturated carbocycles. The minimum absolute atomic E-state index is 0.244. The van der Waals surface area contributed by atoms with Crippen LogP contribution in [0, 0.1) is 13.8 Å². The van der Waals surface area contributed by atoms with Crippen molar-refractivity contribution in [1.29, 1.82) is 0 Å². The Kier molecular flexibility index (Phi) is 6.10. The number of aromatic nitrogens is 1. The van der Waals surface area contributed by atoms with Gasteiger partial charge >= 0.3 is 0 Å². The van der Waals surface area contributed by atoms with Crippen LogP contribution in [0.2, 0.25) is 0 Å². The summed E-state index contributed by atoms with van der Waals surface area (Å²) in [6.45, 7) is 9.05. The van der Waals surface area contributed by atoms with Crippen LogP contribution in [0.1, 0.15) is 42.3 Å². The molecule has 2 aromatic rings. The van der Waals surface area contributed by atoms with Crippen molar-refractivity contribution in [2.45, 2.75) is 33.6 Å². The van der Waals surface area contributed by atoms with Crippen molar-refractivity contribution < 1.29 is 14.3 Å². The Hall–Kier alpha value is -2.31. The number of amides is 2. The second-order valence-corrected chi connectivity index (χ2v) is 8.23. The number of benzene rings is 1. The fourth-order valence-electron chi connectivity index (χ4n) is 3.36. The van der Waals surface area contributed by atoms with E-state index in [1.807, 2.05) is 19.9 Å². The second-order valence-electron chi connectivity index (χ2n) is 7.23. The molecule has 1 aliphatic heterocycles. The monoisotopic (exact) mass is 398 g/mol. The normalized spacial score (nSPS) is 16.1. The highest BCUT2D eigenvalue weighted by atomic mass is 32.2. The molecule has 2 amide bonds. The zero-order valence-corrected chi connectivity index (χ0v) is 17.8. The van der Waals surface area contributed by atoms with Crippen LogP contribution in [0.4, 0.5) is 4.79 Å². The number of rotatable bonds is 6. The van der Waals surface area contributed by atoms with Gasteiger partial charge in [-0.15, -0.1) is 0 Å². The molecule has 1 fully saturated rings.